The average molecular weight is 542 g/mol. The maximum Gasteiger partial charge on any atom is 0.289 e. The normalized spacial score (nSPS) is 15.0. The van der Waals surface area contributed by atoms with E-state index in [1.165, 1.54) is 18.4 Å². The Balaban J connectivity index is 1.39. The van der Waals surface area contributed by atoms with Gasteiger partial charge in [-0.05, 0) is 71.3 Å². The molecule has 1 aliphatic rings. The Bertz CT molecular complexity index is 1720. The molecule has 0 bridgehead atoms. The molecule has 5 aromatic rings. The zero-order valence-corrected chi connectivity index (χ0v) is 22.2. The van der Waals surface area contributed by atoms with Crippen LogP contribution in [0.25, 0.3) is 10.9 Å². The number of nitrogens with zero attached hydrogens (tertiary/aromatic N) is 6. The molecule has 4 heterocycles. The molecule has 0 saturated carbocycles. The lowest BCUT2D eigenvalue weighted by Crippen LogP contribution is -2.50. The van der Waals surface area contributed by atoms with Crippen LogP contribution in [0.3, 0.4) is 0 Å². The molecule has 40 heavy (non-hydrogen) atoms. The van der Waals surface area contributed by atoms with Gasteiger partial charge in [0.25, 0.3) is 11.5 Å². The number of carbonyl (C=O) groups is 1. The maximum absolute atomic E-state index is 13.6. The highest BCUT2D eigenvalue weighted by Crippen LogP contribution is 2.30. The molecule has 3 aromatic heterocycles. The second-order valence-corrected chi connectivity index (χ2v) is 10.1. The van der Waals surface area contributed by atoms with Crippen LogP contribution in [0.1, 0.15) is 44.7 Å². The van der Waals surface area contributed by atoms with Crippen LogP contribution in [-0.2, 0) is 6.54 Å². The molecule has 2 aromatic carbocycles. The number of tetrazole rings is 1. The van der Waals surface area contributed by atoms with Crippen molar-refractivity contribution in [2.24, 2.45) is 0 Å². The van der Waals surface area contributed by atoms with E-state index in [1.54, 1.807) is 33.8 Å². The van der Waals surface area contributed by atoms with Crippen LogP contribution in [-0.4, -0.2) is 67.1 Å². The number of benzene rings is 2. The van der Waals surface area contributed by atoms with Crippen molar-refractivity contribution in [3.8, 4) is 0 Å². The molecular formula is C29H28FN7O3. The van der Waals surface area contributed by atoms with Crippen LogP contribution in [0.2, 0.25) is 0 Å². The van der Waals surface area contributed by atoms with E-state index in [4.69, 9.17) is 4.42 Å². The molecule has 1 saturated heterocycles. The van der Waals surface area contributed by atoms with Crippen LogP contribution in [0.5, 0.6) is 0 Å². The van der Waals surface area contributed by atoms with Gasteiger partial charge < -0.3 is 14.3 Å². The third-order valence-electron chi connectivity index (χ3n) is 7.52. The number of halogens is 1. The van der Waals surface area contributed by atoms with Gasteiger partial charge in [-0.2, -0.15) is 0 Å². The van der Waals surface area contributed by atoms with Crippen LogP contribution < -0.4 is 5.56 Å². The summed E-state index contributed by atoms with van der Waals surface area (Å²) in [5, 5.41) is 13.5. The third-order valence-corrected chi connectivity index (χ3v) is 7.52. The van der Waals surface area contributed by atoms with Crippen LogP contribution in [0.15, 0.2) is 70.1 Å². The number of fused-ring (bicyclic) bond motifs is 1. The molecule has 1 atom stereocenters. The topological polar surface area (TPSA) is 113 Å². The summed E-state index contributed by atoms with van der Waals surface area (Å²) in [6, 6.07) is 14.9. The van der Waals surface area contributed by atoms with E-state index in [9.17, 15) is 14.0 Å². The molecule has 1 fully saturated rings. The maximum atomic E-state index is 13.6. The summed E-state index contributed by atoms with van der Waals surface area (Å²) in [6.45, 7) is 6.15. The molecule has 1 aliphatic heterocycles. The highest BCUT2D eigenvalue weighted by Gasteiger charge is 2.34. The van der Waals surface area contributed by atoms with Crippen molar-refractivity contribution < 1.29 is 13.6 Å². The van der Waals surface area contributed by atoms with E-state index >= 15 is 0 Å². The van der Waals surface area contributed by atoms with Gasteiger partial charge in [0.05, 0.1) is 18.3 Å². The van der Waals surface area contributed by atoms with Crippen molar-refractivity contribution in [3.05, 3.63) is 111 Å². The molecule has 11 heteroatoms. The Hall–Kier alpha value is -4.64. The van der Waals surface area contributed by atoms with E-state index in [0.717, 1.165) is 27.6 Å². The summed E-state index contributed by atoms with van der Waals surface area (Å²) in [7, 11) is 0. The summed E-state index contributed by atoms with van der Waals surface area (Å²) in [4.78, 5) is 33.5. The largest absolute Gasteiger partial charge is 0.459 e. The highest BCUT2D eigenvalue weighted by molar-refractivity contribution is 5.91. The number of H-pyrrole nitrogens is 1. The Kier molecular flexibility index (Phi) is 6.72. The second-order valence-electron chi connectivity index (χ2n) is 10.1. The number of furan rings is 1. The van der Waals surface area contributed by atoms with Gasteiger partial charge in [0.15, 0.2) is 11.6 Å². The number of hydrogen-bond donors (Lipinski definition) is 1. The second kappa shape index (κ2) is 10.5. The number of aromatic nitrogens is 5. The monoisotopic (exact) mass is 541 g/mol. The number of aromatic amines is 1. The minimum atomic E-state index is -0.579. The van der Waals surface area contributed by atoms with E-state index in [0.29, 0.717) is 49.9 Å². The molecule has 0 spiro atoms. The fraction of sp³-hybridized carbons (Fsp3) is 0.276. The lowest BCUT2D eigenvalue weighted by atomic mass is 9.99. The number of pyridine rings is 1. The first-order valence-corrected chi connectivity index (χ1v) is 13.1. The summed E-state index contributed by atoms with van der Waals surface area (Å²) in [5.41, 5.74) is 3.93. The fourth-order valence-electron chi connectivity index (χ4n) is 5.32. The number of aryl methyl sites for hydroxylation is 2. The van der Waals surface area contributed by atoms with Gasteiger partial charge in [0.2, 0.25) is 0 Å². The molecular weight excluding hydrogens is 513 g/mol. The third kappa shape index (κ3) is 4.79. The van der Waals surface area contributed by atoms with Gasteiger partial charge in [-0.25, -0.2) is 9.07 Å². The number of rotatable bonds is 6. The number of carbonyl (C=O) groups excluding carboxylic acids is 1. The molecule has 1 amide bonds. The first-order chi connectivity index (χ1) is 19.4. The fourth-order valence-corrected chi connectivity index (χ4v) is 5.32. The first kappa shape index (κ1) is 25.6. The van der Waals surface area contributed by atoms with E-state index < -0.39 is 6.04 Å². The predicted molar refractivity (Wildman–Crippen MR) is 145 cm³/mol. The van der Waals surface area contributed by atoms with Crippen LogP contribution >= 0.6 is 0 Å². The van der Waals surface area contributed by atoms with Gasteiger partial charge >= 0.3 is 0 Å². The Morgan fingerprint density at radius 3 is 2.52 bits per heavy atom. The zero-order chi connectivity index (χ0) is 27.8. The molecule has 0 radical (unpaired) electrons. The molecule has 10 nitrogen and oxygen atoms in total. The van der Waals surface area contributed by atoms with E-state index in [1.807, 2.05) is 32.0 Å². The molecule has 6 rings (SSSR count). The highest BCUT2D eigenvalue weighted by atomic mass is 19.1. The lowest BCUT2D eigenvalue weighted by molar-refractivity contribution is 0.0558. The number of amides is 1. The van der Waals surface area contributed by atoms with Crippen molar-refractivity contribution >= 4 is 16.8 Å². The molecule has 204 valence electrons. The zero-order valence-electron chi connectivity index (χ0n) is 22.2. The number of nitrogens with one attached hydrogen (secondary N) is 1. The smallest absolute Gasteiger partial charge is 0.289 e. The average Bonchev–Trinajstić information content (AvgIpc) is 3.66. The number of piperazine rings is 1. The quantitative estimate of drug-likeness (QED) is 0.350. The van der Waals surface area contributed by atoms with Crippen molar-refractivity contribution in [3.63, 3.8) is 0 Å². The summed E-state index contributed by atoms with van der Waals surface area (Å²) >= 11 is 0. The predicted octanol–water partition coefficient (Wildman–Crippen LogP) is 3.46. The Morgan fingerprint density at radius 2 is 1.80 bits per heavy atom. The molecule has 0 aliphatic carbocycles. The van der Waals surface area contributed by atoms with Crippen LogP contribution in [0, 0.1) is 19.7 Å². The number of hydrogen-bond acceptors (Lipinski definition) is 7. The molecule has 1 N–H and O–H groups in total. The first-order valence-electron chi connectivity index (χ1n) is 13.1. The standard InChI is InChI=1S/C29H28FN7O3/c1-18-5-6-19(2)25-22(18)16-23(28(38)31-25)26(27-32-33-34-37(27)17-20-7-9-21(30)10-8-20)35-11-13-36(14-12-35)29(39)24-4-3-15-40-24/h3-10,15-16,26H,11-14,17H2,1-2H3,(H,31,38). The van der Waals surface area contributed by atoms with Crippen molar-refractivity contribution in [2.45, 2.75) is 26.4 Å². The van der Waals surface area contributed by atoms with Crippen molar-refractivity contribution in [1.29, 1.82) is 0 Å². The Labute approximate surface area is 229 Å². The van der Waals surface area contributed by atoms with Gasteiger partial charge in [-0.1, -0.05) is 24.3 Å². The van der Waals surface area contributed by atoms with Crippen molar-refractivity contribution in [1.82, 2.24) is 35.0 Å². The summed E-state index contributed by atoms with van der Waals surface area (Å²) in [5.74, 6) is 0.293. The minimum absolute atomic E-state index is 0.169. The molecule has 1 unspecified atom stereocenters. The van der Waals surface area contributed by atoms with E-state index in [-0.39, 0.29) is 17.3 Å². The van der Waals surface area contributed by atoms with Gasteiger partial charge in [0.1, 0.15) is 11.9 Å². The van der Waals surface area contributed by atoms with E-state index in [2.05, 4.69) is 25.4 Å². The van der Waals surface area contributed by atoms with Crippen molar-refractivity contribution in [2.75, 3.05) is 26.2 Å². The van der Waals surface area contributed by atoms with Gasteiger partial charge in [-0.15, -0.1) is 5.10 Å². The summed E-state index contributed by atoms with van der Waals surface area (Å²) in [6.07, 6.45) is 1.48. The SMILES string of the molecule is Cc1ccc(C)c2[nH]c(=O)c(C(c3nnnn3Cc3ccc(F)cc3)N3CCN(C(=O)c4ccco4)CC3)cc12. The Morgan fingerprint density at radius 1 is 1.05 bits per heavy atom. The summed E-state index contributed by atoms with van der Waals surface area (Å²) < 4.78 is 20.5. The van der Waals surface area contributed by atoms with Gasteiger partial charge in [0, 0.05) is 37.1 Å². The lowest BCUT2D eigenvalue weighted by Gasteiger charge is -2.38. The minimum Gasteiger partial charge on any atom is -0.459 e. The van der Waals surface area contributed by atoms with Gasteiger partial charge in [-0.3, -0.25) is 14.5 Å². The van der Waals surface area contributed by atoms with Crippen LogP contribution in [0.4, 0.5) is 4.39 Å².